The van der Waals surface area contributed by atoms with Gasteiger partial charge in [0.05, 0.1) is 5.56 Å². The maximum atomic E-state index is 13.7. The molecule has 9 heteroatoms. The molecule has 1 aromatic carbocycles. The van der Waals surface area contributed by atoms with Crippen LogP contribution in [0.3, 0.4) is 0 Å². The van der Waals surface area contributed by atoms with E-state index in [1.807, 2.05) is 0 Å². The highest BCUT2D eigenvalue weighted by molar-refractivity contribution is 5.95. The SMILES string of the molecule is CC(CC(N)=NO)N(C)C(=O)c1cc(F)c(F)c(O)c1F. The Morgan fingerprint density at radius 1 is 1.43 bits per heavy atom. The van der Waals surface area contributed by atoms with Gasteiger partial charge in [0, 0.05) is 19.5 Å². The number of oxime groups is 1. The van der Waals surface area contributed by atoms with Crippen molar-refractivity contribution in [3.8, 4) is 5.75 Å². The Kier molecular flexibility index (Phi) is 5.01. The van der Waals surface area contributed by atoms with E-state index in [2.05, 4.69) is 5.16 Å². The third-order valence-electron chi connectivity index (χ3n) is 2.98. The van der Waals surface area contributed by atoms with Crippen LogP contribution < -0.4 is 5.73 Å². The molecule has 1 amide bonds. The monoisotopic (exact) mass is 305 g/mol. The maximum absolute atomic E-state index is 13.7. The standard InChI is InChI=1S/C12H14F3N3O3/c1-5(3-8(16)17-21)18(2)12(20)6-4-7(13)10(15)11(19)9(6)14/h4-5,19,21H,3H2,1-2H3,(H2,16,17). The Morgan fingerprint density at radius 3 is 2.52 bits per heavy atom. The van der Waals surface area contributed by atoms with Gasteiger partial charge in [-0.2, -0.15) is 4.39 Å². The summed E-state index contributed by atoms with van der Waals surface area (Å²) in [6, 6.07) is -0.248. The minimum atomic E-state index is -1.77. The van der Waals surface area contributed by atoms with Gasteiger partial charge in [-0.3, -0.25) is 4.79 Å². The summed E-state index contributed by atoms with van der Waals surface area (Å²) in [7, 11) is 1.27. The molecule has 0 bridgehead atoms. The minimum Gasteiger partial charge on any atom is -0.503 e. The molecule has 1 aromatic rings. The fourth-order valence-corrected chi connectivity index (χ4v) is 1.62. The van der Waals surface area contributed by atoms with Gasteiger partial charge in [-0.15, -0.1) is 0 Å². The second-order valence-electron chi connectivity index (χ2n) is 4.44. The summed E-state index contributed by atoms with van der Waals surface area (Å²) >= 11 is 0. The van der Waals surface area contributed by atoms with E-state index < -0.39 is 40.7 Å². The van der Waals surface area contributed by atoms with Crippen molar-refractivity contribution >= 4 is 11.7 Å². The van der Waals surface area contributed by atoms with Crippen LogP contribution in [0.25, 0.3) is 0 Å². The number of aromatic hydroxyl groups is 1. The van der Waals surface area contributed by atoms with Gasteiger partial charge in [0.1, 0.15) is 5.84 Å². The molecule has 0 saturated heterocycles. The van der Waals surface area contributed by atoms with Crippen LogP contribution in [-0.4, -0.2) is 40.0 Å². The molecule has 0 aliphatic carbocycles. The molecule has 0 aliphatic heterocycles. The van der Waals surface area contributed by atoms with E-state index in [9.17, 15) is 18.0 Å². The number of hydrogen-bond acceptors (Lipinski definition) is 4. The molecule has 1 unspecified atom stereocenters. The van der Waals surface area contributed by atoms with Crippen LogP contribution in [0.15, 0.2) is 11.2 Å². The van der Waals surface area contributed by atoms with Gasteiger partial charge < -0.3 is 20.9 Å². The minimum absolute atomic E-state index is 0.0178. The van der Waals surface area contributed by atoms with E-state index in [1.54, 1.807) is 0 Å². The molecule has 0 heterocycles. The summed E-state index contributed by atoms with van der Waals surface area (Å²) < 4.78 is 39.8. The maximum Gasteiger partial charge on any atom is 0.257 e. The van der Waals surface area contributed by atoms with Gasteiger partial charge >= 0.3 is 0 Å². The highest BCUT2D eigenvalue weighted by Gasteiger charge is 2.26. The summed E-state index contributed by atoms with van der Waals surface area (Å²) in [6.07, 6.45) is -0.0178. The van der Waals surface area contributed by atoms with Gasteiger partial charge in [0.25, 0.3) is 5.91 Å². The number of phenolic OH excluding ortho intramolecular Hbond substituents is 1. The molecule has 116 valence electrons. The van der Waals surface area contributed by atoms with Crippen molar-refractivity contribution in [2.75, 3.05) is 7.05 Å². The van der Waals surface area contributed by atoms with E-state index in [0.717, 1.165) is 4.90 Å². The molecule has 4 N–H and O–H groups in total. The molecule has 0 spiro atoms. The third-order valence-corrected chi connectivity index (χ3v) is 2.98. The molecule has 0 aliphatic rings. The van der Waals surface area contributed by atoms with Crippen molar-refractivity contribution in [3.63, 3.8) is 0 Å². The molecule has 21 heavy (non-hydrogen) atoms. The van der Waals surface area contributed by atoms with E-state index >= 15 is 0 Å². The molecule has 1 atom stereocenters. The van der Waals surface area contributed by atoms with E-state index in [4.69, 9.17) is 16.0 Å². The lowest BCUT2D eigenvalue weighted by molar-refractivity contribution is 0.0740. The van der Waals surface area contributed by atoms with Gasteiger partial charge in [0.2, 0.25) is 5.82 Å². The molecule has 0 radical (unpaired) electrons. The lowest BCUT2D eigenvalue weighted by Gasteiger charge is -2.24. The summed E-state index contributed by atoms with van der Waals surface area (Å²) in [4.78, 5) is 13.0. The van der Waals surface area contributed by atoms with Crippen LogP contribution in [-0.2, 0) is 0 Å². The molecule has 0 fully saturated rings. The quantitative estimate of drug-likeness (QED) is 0.257. The first-order chi connectivity index (χ1) is 9.70. The summed E-state index contributed by atoms with van der Waals surface area (Å²) in [5.74, 6) is -7.57. The number of carbonyl (C=O) groups is 1. The van der Waals surface area contributed by atoms with Crippen LogP contribution >= 0.6 is 0 Å². The zero-order valence-electron chi connectivity index (χ0n) is 11.3. The van der Waals surface area contributed by atoms with Crippen molar-refractivity contribution in [3.05, 3.63) is 29.1 Å². The highest BCUT2D eigenvalue weighted by Crippen LogP contribution is 2.26. The molecule has 0 saturated carbocycles. The van der Waals surface area contributed by atoms with Crippen LogP contribution in [0.5, 0.6) is 5.75 Å². The predicted octanol–water partition coefficient (Wildman–Crippen LogP) is 1.41. The smallest absolute Gasteiger partial charge is 0.257 e. The average molecular weight is 305 g/mol. The fourth-order valence-electron chi connectivity index (χ4n) is 1.62. The zero-order valence-corrected chi connectivity index (χ0v) is 11.3. The second-order valence-corrected chi connectivity index (χ2v) is 4.44. The number of carbonyl (C=O) groups excluding carboxylic acids is 1. The van der Waals surface area contributed by atoms with Crippen molar-refractivity contribution in [1.82, 2.24) is 4.90 Å². The Morgan fingerprint density at radius 2 is 2.00 bits per heavy atom. The van der Waals surface area contributed by atoms with Crippen LogP contribution in [0, 0.1) is 17.5 Å². The Labute approximate surface area is 118 Å². The van der Waals surface area contributed by atoms with E-state index in [-0.39, 0.29) is 12.3 Å². The molecular formula is C12H14F3N3O3. The van der Waals surface area contributed by atoms with E-state index in [0.29, 0.717) is 6.07 Å². The summed E-state index contributed by atoms with van der Waals surface area (Å²) in [5.41, 5.74) is 4.47. The van der Waals surface area contributed by atoms with Gasteiger partial charge in [0.15, 0.2) is 17.4 Å². The third kappa shape index (κ3) is 3.36. The second kappa shape index (κ2) is 6.33. The Hall–Kier alpha value is -2.45. The first kappa shape index (κ1) is 16.6. The lowest BCUT2D eigenvalue weighted by atomic mass is 10.1. The predicted molar refractivity (Wildman–Crippen MR) is 67.6 cm³/mol. The van der Waals surface area contributed by atoms with Crippen molar-refractivity contribution < 1.29 is 28.3 Å². The first-order valence-corrected chi connectivity index (χ1v) is 5.80. The Bertz CT molecular complexity index is 593. The largest absolute Gasteiger partial charge is 0.503 e. The number of hydrogen-bond donors (Lipinski definition) is 3. The number of nitrogens with zero attached hydrogens (tertiary/aromatic N) is 2. The Balaban J connectivity index is 3.09. The summed E-state index contributed by atoms with van der Waals surface area (Å²) in [5, 5.41) is 20.3. The number of rotatable bonds is 4. The number of amides is 1. The molecular weight excluding hydrogens is 291 g/mol. The van der Waals surface area contributed by atoms with Crippen LogP contribution in [0.4, 0.5) is 13.2 Å². The fraction of sp³-hybridized carbons (Fsp3) is 0.333. The normalized spacial score (nSPS) is 13.1. The molecule has 6 nitrogen and oxygen atoms in total. The molecule has 0 aromatic heterocycles. The van der Waals surface area contributed by atoms with E-state index in [1.165, 1.54) is 14.0 Å². The van der Waals surface area contributed by atoms with Gasteiger partial charge in [-0.25, -0.2) is 8.78 Å². The van der Waals surface area contributed by atoms with Gasteiger partial charge in [-0.1, -0.05) is 5.16 Å². The zero-order chi connectivity index (χ0) is 16.3. The first-order valence-electron chi connectivity index (χ1n) is 5.80. The summed E-state index contributed by atoms with van der Waals surface area (Å²) in [6.45, 7) is 1.52. The number of amidine groups is 1. The average Bonchev–Trinajstić information content (AvgIpc) is 2.46. The topological polar surface area (TPSA) is 99.2 Å². The van der Waals surface area contributed by atoms with Crippen molar-refractivity contribution in [1.29, 1.82) is 0 Å². The number of nitrogens with two attached hydrogens (primary N) is 1. The van der Waals surface area contributed by atoms with Gasteiger partial charge in [-0.05, 0) is 13.0 Å². The van der Waals surface area contributed by atoms with Crippen LogP contribution in [0.1, 0.15) is 23.7 Å². The lowest BCUT2D eigenvalue weighted by Crippen LogP contribution is -2.38. The van der Waals surface area contributed by atoms with Crippen molar-refractivity contribution in [2.45, 2.75) is 19.4 Å². The number of phenols is 1. The van der Waals surface area contributed by atoms with Crippen LogP contribution in [0.2, 0.25) is 0 Å². The van der Waals surface area contributed by atoms with Crippen molar-refractivity contribution in [2.24, 2.45) is 10.9 Å². The number of benzene rings is 1. The highest BCUT2D eigenvalue weighted by atomic mass is 19.2. The number of halogens is 3. The molecule has 1 rings (SSSR count).